The highest BCUT2D eigenvalue weighted by Gasteiger charge is 2.49. The number of ether oxygens (including phenoxy) is 2. The van der Waals surface area contributed by atoms with Crippen LogP contribution in [-0.2, 0) is 19.7 Å². The lowest BCUT2D eigenvalue weighted by Gasteiger charge is -2.40. The number of hydrogen-bond acceptors (Lipinski definition) is 8. The topological polar surface area (TPSA) is 136 Å². The fourth-order valence-electron chi connectivity index (χ4n) is 5.90. The number of carbonyl (C=O) groups excluding carboxylic acids is 3. The van der Waals surface area contributed by atoms with Gasteiger partial charge in [0.05, 0.1) is 30.3 Å². The van der Waals surface area contributed by atoms with Crippen molar-refractivity contribution in [2.75, 3.05) is 19.0 Å². The number of benzene rings is 1. The molecule has 2 atom stereocenters. The summed E-state index contributed by atoms with van der Waals surface area (Å²) in [7, 11) is 1.60. The van der Waals surface area contributed by atoms with E-state index in [-0.39, 0.29) is 24.7 Å². The van der Waals surface area contributed by atoms with Gasteiger partial charge in [0, 0.05) is 13.0 Å². The number of fused-ring (bicyclic) bond motifs is 1. The number of hydrogen-bond donors (Lipinski definition) is 2. The third kappa shape index (κ3) is 5.76. The smallest absolute Gasteiger partial charge is 0.435 e. The summed E-state index contributed by atoms with van der Waals surface area (Å²) in [4.78, 5) is 46.3. The van der Waals surface area contributed by atoms with Crippen LogP contribution in [0, 0.1) is 0 Å². The van der Waals surface area contributed by atoms with Crippen molar-refractivity contribution in [3.05, 3.63) is 48.2 Å². The van der Waals surface area contributed by atoms with Gasteiger partial charge in [0.25, 0.3) is 0 Å². The third-order valence-corrected chi connectivity index (χ3v) is 7.85. The van der Waals surface area contributed by atoms with Crippen LogP contribution in [0.25, 0.3) is 11.0 Å². The maximum absolute atomic E-state index is 14.3. The lowest BCUT2D eigenvalue weighted by atomic mass is 9.68. The molecule has 5 rings (SSSR count). The molecule has 0 spiro atoms. The molecule has 2 fully saturated rings. The molecule has 2 aliphatic rings. The molecule has 2 N–H and O–H groups in total. The van der Waals surface area contributed by atoms with Crippen LogP contribution >= 0.6 is 0 Å². The Hall–Kier alpha value is -3.99. The lowest BCUT2D eigenvalue weighted by Crippen LogP contribution is -2.52. The van der Waals surface area contributed by atoms with E-state index in [0.29, 0.717) is 29.6 Å². The molecule has 0 bridgehead atoms. The first-order valence-corrected chi connectivity index (χ1v) is 14.0. The largest absolute Gasteiger partial charge is 0.497 e. The molecule has 1 aromatic carbocycles. The number of aliphatic hydroxyl groups excluding tert-OH is 1. The highest BCUT2D eigenvalue weighted by Crippen LogP contribution is 2.43. The normalized spacial score (nSPS) is 20.6. The number of methoxy groups -OCH3 is 1. The molecule has 3 aromatic rings. The van der Waals surface area contributed by atoms with E-state index < -0.39 is 35.2 Å². The second kappa shape index (κ2) is 11.1. The van der Waals surface area contributed by atoms with E-state index >= 15 is 0 Å². The van der Waals surface area contributed by atoms with Crippen molar-refractivity contribution in [3.8, 4) is 5.75 Å². The molecular formula is C30H37N5O6. The molecule has 3 heterocycles. The number of β-amino-alcohol motifs (C(OH)–C–C–N with tert-alkyl or cyclic N) is 1. The Labute approximate surface area is 238 Å². The van der Waals surface area contributed by atoms with Gasteiger partial charge in [-0.25, -0.2) is 9.78 Å². The maximum atomic E-state index is 14.3. The summed E-state index contributed by atoms with van der Waals surface area (Å²) in [5.74, 6) is 0.396. The maximum Gasteiger partial charge on any atom is 0.435 e. The number of anilines is 1. The number of carbonyl (C=O) groups is 3. The zero-order chi connectivity index (χ0) is 29.4. The number of aliphatic hydroxyl groups is 1. The first-order valence-electron chi connectivity index (χ1n) is 14.0. The minimum absolute atomic E-state index is 0.0872. The van der Waals surface area contributed by atoms with Crippen molar-refractivity contribution in [2.45, 2.75) is 82.5 Å². The molecule has 0 radical (unpaired) electrons. The van der Waals surface area contributed by atoms with E-state index in [0.717, 1.165) is 29.5 Å². The predicted molar refractivity (Wildman–Crippen MR) is 152 cm³/mol. The first kappa shape index (κ1) is 28.5. The van der Waals surface area contributed by atoms with Crippen LogP contribution in [-0.4, -0.2) is 74.1 Å². The SMILES string of the molecule is COc1ccc(C2(C(=O)N3C[C@@H](O)C[C@@H]3C(=O)Nc3ccc4c(cnn4C(=O)OC(C)(C)C)n3)CCCCC2)cc1. The Morgan fingerprint density at radius 2 is 1.76 bits per heavy atom. The fourth-order valence-corrected chi connectivity index (χ4v) is 5.90. The van der Waals surface area contributed by atoms with Crippen molar-refractivity contribution in [3.63, 3.8) is 0 Å². The summed E-state index contributed by atoms with van der Waals surface area (Å²) in [5.41, 5.74) is 0.283. The second-order valence-corrected chi connectivity index (χ2v) is 11.9. The molecule has 2 aromatic heterocycles. The molecule has 11 nitrogen and oxygen atoms in total. The van der Waals surface area contributed by atoms with E-state index in [1.54, 1.807) is 40.0 Å². The van der Waals surface area contributed by atoms with Gasteiger partial charge >= 0.3 is 6.09 Å². The quantitative estimate of drug-likeness (QED) is 0.475. The predicted octanol–water partition coefficient (Wildman–Crippen LogP) is 4.03. The summed E-state index contributed by atoms with van der Waals surface area (Å²) in [6.45, 7) is 5.39. The Balaban J connectivity index is 1.37. The van der Waals surface area contributed by atoms with Crippen LogP contribution in [0.15, 0.2) is 42.6 Å². The van der Waals surface area contributed by atoms with Crippen molar-refractivity contribution in [2.24, 2.45) is 0 Å². The Bertz CT molecular complexity index is 1440. The molecule has 41 heavy (non-hydrogen) atoms. The van der Waals surface area contributed by atoms with Gasteiger partial charge in [0.2, 0.25) is 11.8 Å². The average molecular weight is 564 g/mol. The number of nitrogens with one attached hydrogen (secondary N) is 1. The summed E-state index contributed by atoms with van der Waals surface area (Å²) >= 11 is 0. The summed E-state index contributed by atoms with van der Waals surface area (Å²) in [6, 6.07) is 9.92. The zero-order valence-electron chi connectivity index (χ0n) is 23.9. The number of rotatable bonds is 5. The Morgan fingerprint density at radius 1 is 1.05 bits per heavy atom. The van der Waals surface area contributed by atoms with Gasteiger partial charge in [-0.2, -0.15) is 9.78 Å². The van der Waals surface area contributed by atoms with E-state index in [1.807, 2.05) is 24.3 Å². The van der Waals surface area contributed by atoms with Gasteiger partial charge in [0.15, 0.2) is 0 Å². The standard InChI is InChI=1S/C30H37N5O6/c1-29(2,3)41-28(39)35-23-12-13-25(32-22(23)17-31-35)33-26(37)24-16-20(36)18-34(24)27(38)30(14-6-5-7-15-30)19-8-10-21(40-4)11-9-19/h8-13,17,20,24,36H,5-7,14-16,18H2,1-4H3,(H,32,33,37)/t20-,24+/m0/s1. The van der Waals surface area contributed by atoms with Crippen molar-refractivity contribution < 1.29 is 29.0 Å². The number of likely N-dealkylation sites (tertiary alicyclic amines) is 1. The number of amides is 2. The van der Waals surface area contributed by atoms with Gasteiger partial charge in [-0.05, 0) is 63.4 Å². The third-order valence-electron chi connectivity index (χ3n) is 7.85. The van der Waals surface area contributed by atoms with Gasteiger partial charge in [-0.3, -0.25) is 9.59 Å². The second-order valence-electron chi connectivity index (χ2n) is 11.9. The Morgan fingerprint density at radius 3 is 2.41 bits per heavy atom. The van der Waals surface area contributed by atoms with Crippen LogP contribution < -0.4 is 10.1 Å². The van der Waals surface area contributed by atoms with Crippen molar-refractivity contribution >= 4 is 34.8 Å². The molecule has 11 heteroatoms. The van der Waals surface area contributed by atoms with Crippen molar-refractivity contribution in [1.29, 1.82) is 0 Å². The van der Waals surface area contributed by atoms with Crippen LogP contribution in [0.3, 0.4) is 0 Å². The Kier molecular flexibility index (Phi) is 7.74. The average Bonchev–Trinajstić information content (AvgIpc) is 3.55. The number of aromatic nitrogens is 3. The van der Waals surface area contributed by atoms with Gasteiger partial charge in [0.1, 0.15) is 28.7 Å². The lowest BCUT2D eigenvalue weighted by molar-refractivity contribution is -0.143. The number of nitrogens with zero attached hydrogens (tertiary/aromatic N) is 4. The highest BCUT2D eigenvalue weighted by atomic mass is 16.6. The van der Waals surface area contributed by atoms with E-state index in [9.17, 15) is 19.5 Å². The fraction of sp³-hybridized carbons (Fsp3) is 0.500. The molecule has 1 aliphatic carbocycles. The van der Waals surface area contributed by atoms with Crippen LogP contribution in [0.2, 0.25) is 0 Å². The molecule has 1 saturated heterocycles. The van der Waals surface area contributed by atoms with Gasteiger partial charge in [-0.15, -0.1) is 0 Å². The van der Waals surface area contributed by atoms with E-state index in [1.165, 1.54) is 11.1 Å². The molecule has 2 amide bonds. The minimum Gasteiger partial charge on any atom is -0.497 e. The van der Waals surface area contributed by atoms with Gasteiger partial charge in [-0.1, -0.05) is 31.4 Å². The van der Waals surface area contributed by atoms with Crippen LogP contribution in [0.1, 0.15) is 64.9 Å². The summed E-state index contributed by atoms with van der Waals surface area (Å²) < 4.78 is 11.8. The molecule has 1 aliphatic heterocycles. The first-order chi connectivity index (χ1) is 19.5. The molecule has 218 valence electrons. The van der Waals surface area contributed by atoms with Crippen molar-refractivity contribution in [1.82, 2.24) is 19.7 Å². The molecule has 1 saturated carbocycles. The monoisotopic (exact) mass is 563 g/mol. The molecule has 0 unspecified atom stereocenters. The van der Waals surface area contributed by atoms with E-state index in [2.05, 4.69) is 15.4 Å². The minimum atomic E-state index is -0.850. The van der Waals surface area contributed by atoms with E-state index in [4.69, 9.17) is 9.47 Å². The highest BCUT2D eigenvalue weighted by molar-refractivity contribution is 6.00. The molecular weight excluding hydrogens is 526 g/mol. The summed E-state index contributed by atoms with van der Waals surface area (Å²) in [6.07, 6.45) is 4.34. The van der Waals surface area contributed by atoms with Crippen LogP contribution in [0.5, 0.6) is 5.75 Å². The van der Waals surface area contributed by atoms with Gasteiger partial charge < -0.3 is 24.8 Å². The zero-order valence-corrected chi connectivity index (χ0v) is 23.9. The number of pyridine rings is 1. The summed E-state index contributed by atoms with van der Waals surface area (Å²) in [5, 5.41) is 17.5. The van der Waals surface area contributed by atoms with Crippen LogP contribution in [0.4, 0.5) is 10.6 Å².